The lowest BCUT2D eigenvalue weighted by Gasteiger charge is -2.31. The van der Waals surface area contributed by atoms with E-state index in [-0.39, 0.29) is 29.7 Å². The number of carbonyl (C=O) groups excluding carboxylic acids is 3. The zero-order chi connectivity index (χ0) is 14.4. The number of amides is 3. The number of carbonyl (C=O) groups is 3. The molecular weight excluding hydrogens is 264 g/mol. The van der Waals surface area contributed by atoms with Gasteiger partial charge in [0.05, 0.1) is 11.1 Å². The van der Waals surface area contributed by atoms with Gasteiger partial charge in [0.1, 0.15) is 11.8 Å². The second-order valence-electron chi connectivity index (χ2n) is 4.79. The third kappa shape index (κ3) is 1.67. The van der Waals surface area contributed by atoms with Crippen LogP contribution in [-0.2, 0) is 9.59 Å². The average molecular weight is 276 g/mol. The molecule has 2 atom stereocenters. The molecular formula is C13H12N2O5. The zero-order valence-corrected chi connectivity index (χ0v) is 10.4. The van der Waals surface area contributed by atoms with Crippen LogP contribution < -0.4 is 5.32 Å². The number of imide groups is 1. The van der Waals surface area contributed by atoms with E-state index in [2.05, 4.69) is 5.32 Å². The van der Waals surface area contributed by atoms with Crippen LogP contribution >= 0.6 is 0 Å². The lowest BCUT2D eigenvalue weighted by atomic mass is 10.0. The first kappa shape index (κ1) is 12.6. The molecule has 3 rings (SSSR count). The molecule has 3 N–H and O–H groups in total. The number of nitrogens with one attached hydrogen (secondary N) is 1. The van der Waals surface area contributed by atoms with Gasteiger partial charge in [-0.1, -0.05) is 6.07 Å². The predicted octanol–water partition coefficient (Wildman–Crippen LogP) is -0.356. The lowest BCUT2D eigenvalue weighted by Crippen LogP contribution is -2.53. The summed E-state index contributed by atoms with van der Waals surface area (Å²) in [5, 5.41) is 22.1. The van der Waals surface area contributed by atoms with E-state index in [9.17, 15) is 24.6 Å². The normalized spacial score (nSPS) is 25.6. The fourth-order valence-electron chi connectivity index (χ4n) is 2.66. The third-order valence-electron chi connectivity index (χ3n) is 3.62. The van der Waals surface area contributed by atoms with E-state index in [1.807, 2.05) is 0 Å². The number of rotatable bonds is 1. The summed E-state index contributed by atoms with van der Waals surface area (Å²) < 4.78 is 0. The molecule has 0 radical (unpaired) electrons. The summed E-state index contributed by atoms with van der Waals surface area (Å²) in [4.78, 5) is 36.2. The van der Waals surface area contributed by atoms with Crippen LogP contribution in [0, 0.1) is 0 Å². The Morgan fingerprint density at radius 3 is 2.65 bits per heavy atom. The SMILES string of the molecule is O=C1CCC(N2C(=O)c3cccc(O)c3C2O)C(=O)N1. The minimum atomic E-state index is -1.39. The highest BCUT2D eigenvalue weighted by Gasteiger charge is 2.45. The number of hydrogen-bond acceptors (Lipinski definition) is 5. The van der Waals surface area contributed by atoms with Crippen LogP contribution in [-0.4, -0.2) is 38.9 Å². The third-order valence-corrected chi connectivity index (χ3v) is 3.62. The molecule has 0 aromatic heterocycles. The molecule has 1 fully saturated rings. The van der Waals surface area contributed by atoms with Crippen molar-refractivity contribution in [3.63, 3.8) is 0 Å². The number of nitrogens with zero attached hydrogens (tertiary/aromatic N) is 1. The molecule has 20 heavy (non-hydrogen) atoms. The van der Waals surface area contributed by atoms with Gasteiger partial charge < -0.3 is 10.2 Å². The number of piperidine rings is 1. The Kier molecular flexibility index (Phi) is 2.72. The van der Waals surface area contributed by atoms with E-state index in [0.717, 1.165) is 4.90 Å². The van der Waals surface area contributed by atoms with Crippen molar-refractivity contribution in [1.29, 1.82) is 0 Å². The molecule has 7 heteroatoms. The quantitative estimate of drug-likeness (QED) is 0.607. The second kappa shape index (κ2) is 4.31. The summed E-state index contributed by atoms with van der Waals surface area (Å²) in [6.45, 7) is 0. The smallest absolute Gasteiger partial charge is 0.257 e. The van der Waals surface area contributed by atoms with E-state index < -0.39 is 30.0 Å². The first-order chi connectivity index (χ1) is 9.50. The second-order valence-corrected chi connectivity index (χ2v) is 4.79. The number of phenols is 1. The summed E-state index contributed by atoms with van der Waals surface area (Å²) in [5.74, 6) is -1.73. The van der Waals surface area contributed by atoms with Crippen molar-refractivity contribution in [1.82, 2.24) is 10.2 Å². The first-order valence-electron chi connectivity index (χ1n) is 6.17. The molecule has 1 saturated heterocycles. The molecule has 2 aliphatic heterocycles. The van der Waals surface area contributed by atoms with Gasteiger partial charge in [0.2, 0.25) is 11.8 Å². The maximum Gasteiger partial charge on any atom is 0.257 e. The predicted molar refractivity (Wildman–Crippen MR) is 65.4 cm³/mol. The van der Waals surface area contributed by atoms with Gasteiger partial charge >= 0.3 is 0 Å². The lowest BCUT2D eigenvalue weighted by molar-refractivity contribution is -0.139. The van der Waals surface area contributed by atoms with E-state index in [4.69, 9.17) is 0 Å². The maximum atomic E-state index is 12.3. The van der Waals surface area contributed by atoms with E-state index in [1.54, 1.807) is 0 Å². The van der Waals surface area contributed by atoms with Crippen molar-refractivity contribution in [2.75, 3.05) is 0 Å². The van der Waals surface area contributed by atoms with E-state index in [0.29, 0.717) is 0 Å². The highest BCUT2D eigenvalue weighted by Crippen LogP contribution is 2.39. The van der Waals surface area contributed by atoms with Gasteiger partial charge in [0.15, 0.2) is 6.23 Å². The molecule has 2 aliphatic rings. The summed E-state index contributed by atoms with van der Waals surface area (Å²) in [5.41, 5.74) is 0.268. The van der Waals surface area contributed by atoms with Crippen molar-refractivity contribution in [2.24, 2.45) is 0 Å². The number of phenolic OH excluding ortho intramolecular Hbond substituents is 1. The van der Waals surface area contributed by atoms with Gasteiger partial charge in [-0.3, -0.25) is 24.6 Å². The molecule has 2 heterocycles. The Morgan fingerprint density at radius 1 is 1.25 bits per heavy atom. The summed E-state index contributed by atoms with van der Waals surface area (Å²) in [7, 11) is 0. The fraction of sp³-hybridized carbons (Fsp3) is 0.308. The molecule has 0 saturated carbocycles. The Morgan fingerprint density at radius 2 is 2.00 bits per heavy atom. The van der Waals surface area contributed by atoms with Crippen LogP contribution in [0.25, 0.3) is 0 Å². The van der Waals surface area contributed by atoms with E-state index in [1.165, 1.54) is 18.2 Å². The number of aliphatic hydroxyl groups is 1. The monoisotopic (exact) mass is 276 g/mol. The van der Waals surface area contributed by atoms with Gasteiger partial charge in [-0.2, -0.15) is 0 Å². The van der Waals surface area contributed by atoms with Crippen LogP contribution in [0.1, 0.15) is 35.0 Å². The minimum Gasteiger partial charge on any atom is -0.507 e. The molecule has 0 bridgehead atoms. The Balaban J connectivity index is 1.98. The van der Waals surface area contributed by atoms with Crippen LogP contribution in [0.5, 0.6) is 5.75 Å². The van der Waals surface area contributed by atoms with E-state index >= 15 is 0 Å². The highest BCUT2D eigenvalue weighted by atomic mass is 16.3. The van der Waals surface area contributed by atoms with Crippen molar-refractivity contribution < 1.29 is 24.6 Å². The number of benzene rings is 1. The molecule has 2 unspecified atom stereocenters. The molecule has 0 spiro atoms. The Labute approximate surface area is 113 Å². The molecule has 3 amide bonds. The molecule has 1 aromatic rings. The molecule has 104 valence electrons. The first-order valence-corrected chi connectivity index (χ1v) is 6.17. The van der Waals surface area contributed by atoms with Gasteiger partial charge in [-0.15, -0.1) is 0 Å². The van der Waals surface area contributed by atoms with Crippen LogP contribution in [0.4, 0.5) is 0 Å². The minimum absolute atomic E-state index is 0.0993. The Bertz CT molecular complexity index is 627. The average Bonchev–Trinajstić information content (AvgIpc) is 2.64. The topological polar surface area (TPSA) is 107 Å². The van der Waals surface area contributed by atoms with Crippen molar-refractivity contribution in [3.8, 4) is 5.75 Å². The standard InChI is InChI=1S/C13H12N2O5/c16-8-3-1-2-6-10(8)13(20)15(12(6)19)7-4-5-9(17)14-11(7)18/h1-3,7,13,16,20H,4-5H2,(H,14,17,18). The van der Waals surface area contributed by atoms with Gasteiger partial charge in [0, 0.05) is 6.42 Å². The number of fused-ring (bicyclic) bond motifs is 1. The van der Waals surface area contributed by atoms with Crippen LogP contribution in [0.15, 0.2) is 18.2 Å². The van der Waals surface area contributed by atoms with Gasteiger partial charge in [-0.05, 0) is 18.6 Å². The number of aromatic hydroxyl groups is 1. The van der Waals surface area contributed by atoms with Crippen LogP contribution in [0.2, 0.25) is 0 Å². The van der Waals surface area contributed by atoms with Gasteiger partial charge in [0.25, 0.3) is 5.91 Å². The highest BCUT2D eigenvalue weighted by molar-refractivity contribution is 6.06. The molecule has 7 nitrogen and oxygen atoms in total. The van der Waals surface area contributed by atoms with Crippen molar-refractivity contribution in [3.05, 3.63) is 29.3 Å². The van der Waals surface area contributed by atoms with Crippen LogP contribution in [0.3, 0.4) is 0 Å². The summed E-state index contributed by atoms with van der Waals surface area (Å²) >= 11 is 0. The van der Waals surface area contributed by atoms with Crippen molar-refractivity contribution in [2.45, 2.75) is 25.1 Å². The zero-order valence-electron chi connectivity index (χ0n) is 10.4. The Hall–Kier alpha value is -2.41. The van der Waals surface area contributed by atoms with Gasteiger partial charge in [-0.25, -0.2) is 0 Å². The summed E-state index contributed by atoms with van der Waals surface area (Å²) in [6.07, 6.45) is -1.13. The molecule has 0 aliphatic carbocycles. The fourth-order valence-corrected chi connectivity index (χ4v) is 2.66. The number of hydrogen-bond donors (Lipinski definition) is 3. The maximum absolute atomic E-state index is 12.3. The summed E-state index contributed by atoms with van der Waals surface area (Å²) in [6, 6.07) is 3.42. The number of aliphatic hydroxyl groups excluding tert-OH is 1. The largest absolute Gasteiger partial charge is 0.507 e. The van der Waals surface area contributed by atoms with Crippen molar-refractivity contribution >= 4 is 17.7 Å². The molecule has 1 aromatic carbocycles.